The first-order valence-electron chi connectivity index (χ1n) is 5.85. The maximum atomic E-state index is 5.87. The van der Waals surface area contributed by atoms with Crippen molar-refractivity contribution in [2.24, 2.45) is 0 Å². The first-order valence-corrected chi connectivity index (χ1v) is 5.85. The lowest BCUT2D eigenvalue weighted by Gasteiger charge is -2.12. The minimum atomic E-state index is 0.638. The number of para-hydroxylation sites is 1. The van der Waals surface area contributed by atoms with E-state index in [0.717, 1.165) is 12.1 Å². The Morgan fingerprint density at radius 1 is 1.22 bits per heavy atom. The van der Waals surface area contributed by atoms with Gasteiger partial charge in [-0.05, 0) is 30.2 Å². The zero-order valence-electron chi connectivity index (χ0n) is 10.4. The number of ether oxygens (including phenoxy) is 1. The molecule has 1 aromatic carbocycles. The van der Waals surface area contributed by atoms with Crippen molar-refractivity contribution in [1.82, 2.24) is 4.98 Å². The van der Waals surface area contributed by atoms with Gasteiger partial charge in [-0.2, -0.15) is 0 Å². The van der Waals surface area contributed by atoms with E-state index in [-0.39, 0.29) is 0 Å². The van der Waals surface area contributed by atoms with Crippen LogP contribution in [0.1, 0.15) is 5.56 Å². The van der Waals surface area contributed by atoms with Crippen LogP contribution < -0.4 is 11.1 Å². The molecule has 4 heteroatoms. The van der Waals surface area contributed by atoms with Gasteiger partial charge in [0.2, 0.25) is 0 Å². The summed E-state index contributed by atoms with van der Waals surface area (Å²) in [5.74, 6) is 0.683. The third-order valence-electron chi connectivity index (χ3n) is 2.68. The zero-order chi connectivity index (χ0) is 12.8. The molecule has 18 heavy (non-hydrogen) atoms. The number of pyridine rings is 1. The van der Waals surface area contributed by atoms with Gasteiger partial charge in [0.1, 0.15) is 0 Å². The van der Waals surface area contributed by atoms with Gasteiger partial charge in [0, 0.05) is 19.0 Å². The number of rotatable bonds is 5. The molecule has 0 aliphatic heterocycles. The van der Waals surface area contributed by atoms with Crippen LogP contribution in [-0.4, -0.2) is 18.7 Å². The monoisotopic (exact) mass is 243 g/mol. The fourth-order valence-electron chi connectivity index (χ4n) is 1.72. The van der Waals surface area contributed by atoms with Crippen molar-refractivity contribution in [3.63, 3.8) is 0 Å². The van der Waals surface area contributed by atoms with Gasteiger partial charge in [0.15, 0.2) is 5.82 Å². The molecule has 0 radical (unpaired) electrons. The van der Waals surface area contributed by atoms with Crippen molar-refractivity contribution in [3.05, 3.63) is 48.2 Å². The smallest absolute Gasteiger partial charge is 0.153 e. The molecule has 0 saturated carbocycles. The van der Waals surface area contributed by atoms with Crippen LogP contribution in [0.5, 0.6) is 0 Å². The van der Waals surface area contributed by atoms with E-state index in [0.29, 0.717) is 18.1 Å². The number of hydrogen-bond donors (Lipinski definition) is 2. The number of hydrogen-bond acceptors (Lipinski definition) is 4. The average molecular weight is 243 g/mol. The van der Waals surface area contributed by atoms with Crippen molar-refractivity contribution in [2.75, 3.05) is 24.8 Å². The Labute approximate surface area is 107 Å². The largest absolute Gasteiger partial charge is 0.396 e. The second-order valence-corrected chi connectivity index (χ2v) is 3.97. The number of benzene rings is 1. The molecule has 0 saturated heterocycles. The van der Waals surface area contributed by atoms with E-state index >= 15 is 0 Å². The molecule has 0 aliphatic rings. The Kier molecular flexibility index (Phi) is 4.15. The van der Waals surface area contributed by atoms with E-state index in [1.54, 1.807) is 13.3 Å². The number of methoxy groups -OCH3 is 1. The number of nitrogens with zero attached hydrogens (tertiary/aromatic N) is 1. The maximum Gasteiger partial charge on any atom is 0.153 e. The third kappa shape index (κ3) is 2.99. The highest BCUT2D eigenvalue weighted by Crippen LogP contribution is 2.23. The topological polar surface area (TPSA) is 60.2 Å². The third-order valence-corrected chi connectivity index (χ3v) is 2.68. The number of nitrogen functional groups attached to an aromatic ring is 1. The fraction of sp³-hybridized carbons (Fsp3) is 0.214. The van der Waals surface area contributed by atoms with Gasteiger partial charge in [-0.25, -0.2) is 4.98 Å². The minimum absolute atomic E-state index is 0.638. The van der Waals surface area contributed by atoms with Gasteiger partial charge in [-0.1, -0.05) is 18.2 Å². The van der Waals surface area contributed by atoms with E-state index in [1.807, 2.05) is 30.3 Å². The van der Waals surface area contributed by atoms with Gasteiger partial charge < -0.3 is 15.8 Å². The Morgan fingerprint density at radius 2 is 2.06 bits per heavy atom. The lowest BCUT2D eigenvalue weighted by molar-refractivity contribution is 0.202. The van der Waals surface area contributed by atoms with E-state index in [4.69, 9.17) is 10.5 Å². The van der Waals surface area contributed by atoms with E-state index in [9.17, 15) is 0 Å². The molecule has 2 aromatic rings. The highest BCUT2D eigenvalue weighted by Gasteiger charge is 2.04. The molecule has 2 rings (SSSR count). The molecule has 0 atom stereocenters. The Morgan fingerprint density at radius 3 is 2.83 bits per heavy atom. The highest BCUT2D eigenvalue weighted by molar-refractivity contribution is 5.70. The van der Waals surface area contributed by atoms with Crippen molar-refractivity contribution in [3.8, 4) is 0 Å². The summed E-state index contributed by atoms with van der Waals surface area (Å²) >= 11 is 0. The molecule has 0 fully saturated rings. The average Bonchev–Trinajstić information content (AvgIpc) is 2.40. The lowest BCUT2D eigenvalue weighted by Crippen LogP contribution is -2.03. The maximum absolute atomic E-state index is 5.87. The molecule has 1 heterocycles. The van der Waals surface area contributed by atoms with Crippen LogP contribution in [0, 0.1) is 0 Å². The molecule has 0 unspecified atom stereocenters. The number of nitrogens with two attached hydrogens (primary N) is 1. The fourth-order valence-corrected chi connectivity index (χ4v) is 1.72. The minimum Gasteiger partial charge on any atom is -0.396 e. The van der Waals surface area contributed by atoms with Crippen LogP contribution in [-0.2, 0) is 11.2 Å². The molecule has 0 bridgehead atoms. The molecule has 94 valence electrons. The zero-order valence-corrected chi connectivity index (χ0v) is 10.4. The standard InChI is InChI=1S/C14H17N3O/c1-18-10-8-11-5-2-3-7-13(11)17-14-12(15)6-4-9-16-14/h2-7,9H,8,10,15H2,1H3,(H,16,17). The van der Waals surface area contributed by atoms with Gasteiger partial charge in [0.25, 0.3) is 0 Å². The van der Waals surface area contributed by atoms with E-state index in [2.05, 4.69) is 16.4 Å². The summed E-state index contributed by atoms with van der Waals surface area (Å²) in [4.78, 5) is 4.23. The van der Waals surface area contributed by atoms with Gasteiger partial charge in [-0.3, -0.25) is 0 Å². The number of anilines is 3. The van der Waals surface area contributed by atoms with Crippen molar-refractivity contribution >= 4 is 17.2 Å². The molecule has 4 nitrogen and oxygen atoms in total. The first-order chi connectivity index (χ1) is 8.81. The predicted molar refractivity (Wildman–Crippen MR) is 74.0 cm³/mol. The van der Waals surface area contributed by atoms with Gasteiger partial charge >= 0.3 is 0 Å². The summed E-state index contributed by atoms with van der Waals surface area (Å²) in [5.41, 5.74) is 8.71. The highest BCUT2D eigenvalue weighted by atomic mass is 16.5. The van der Waals surface area contributed by atoms with Gasteiger partial charge in [-0.15, -0.1) is 0 Å². The molecule has 1 aromatic heterocycles. The number of aromatic nitrogens is 1. The lowest BCUT2D eigenvalue weighted by atomic mass is 10.1. The Bertz CT molecular complexity index is 514. The Balaban J connectivity index is 2.21. The summed E-state index contributed by atoms with van der Waals surface area (Å²) in [6.07, 6.45) is 2.57. The summed E-state index contributed by atoms with van der Waals surface area (Å²) in [6.45, 7) is 0.691. The predicted octanol–water partition coefficient (Wildman–Crippen LogP) is 2.60. The van der Waals surface area contributed by atoms with Gasteiger partial charge in [0.05, 0.1) is 12.3 Å². The molecule has 0 aliphatic carbocycles. The first kappa shape index (κ1) is 12.4. The van der Waals surface area contributed by atoms with Crippen molar-refractivity contribution in [1.29, 1.82) is 0 Å². The quantitative estimate of drug-likeness (QED) is 0.847. The molecular formula is C14H17N3O. The van der Waals surface area contributed by atoms with E-state index in [1.165, 1.54) is 5.56 Å². The van der Waals surface area contributed by atoms with Crippen molar-refractivity contribution < 1.29 is 4.74 Å². The van der Waals surface area contributed by atoms with Crippen molar-refractivity contribution in [2.45, 2.75) is 6.42 Å². The van der Waals surface area contributed by atoms with E-state index < -0.39 is 0 Å². The van der Waals surface area contributed by atoms with Crippen LogP contribution in [0.15, 0.2) is 42.6 Å². The van der Waals surface area contributed by atoms with Crippen LogP contribution in [0.3, 0.4) is 0 Å². The second kappa shape index (κ2) is 6.02. The summed E-state index contributed by atoms with van der Waals surface area (Å²) < 4.78 is 5.11. The number of nitrogens with one attached hydrogen (secondary N) is 1. The second-order valence-electron chi connectivity index (χ2n) is 3.97. The van der Waals surface area contributed by atoms with Crippen LogP contribution in [0.25, 0.3) is 0 Å². The molecular weight excluding hydrogens is 226 g/mol. The Hall–Kier alpha value is -2.07. The summed E-state index contributed by atoms with van der Waals surface area (Å²) in [6, 6.07) is 11.7. The SMILES string of the molecule is COCCc1ccccc1Nc1ncccc1N. The molecule has 0 amide bonds. The van der Waals surface area contributed by atoms with Crippen LogP contribution >= 0.6 is 0 Å². The van der Waals surface area contributed by atoms with Crippen LogP contribution in [0.4, 0.5) is 17.2 Å². The molecule has 3 N–H and O–H groups in total. The van der Waals surface area contributed by atoms with Crippen LogP contribution in [0.2, 0.25) is 0 Å². The summed E-state index contributed by atoms with van der Waals surface area (Å²) in [7, 11) is 1.70. The summed E-state index contributed by atoms with van der Waals surface area (Å²) in [5, 5.41) is 3.26. The normalized spacial score (nSPS) is 10.3. The molecule has 0 spiro atoms.